The Labute approximate surface area is 192 Å². The van der Waals surface area contributed by atoms with Gasteiger partial charge in [0.1, 0.15) is 11.6 Å². The second-order valence-electron chi connectivity index (χ2n) is 6.78. The third-order valence-electron chi connectivity index (χ3n) is 4.61. The number of H-pyrrole nitrogens is 1. The van der Waals surface area contributed by atoms with Crippen LogP contribution in [0.1, 0.15) is 15.9 Å². The molecule has 160 valence electrons. The molecule has 4 aromatic rings. The van der Waals surface area contributed by atoms with Crippen molar-refractivity contribution in [2.45, 2.75) is 10.1 Å². The molecule has 9 heteroatoms. The second kappa shape index (κ2) is 9.72. The first kappa shape index (κ1) is 21.7. The van der Waals surface area contributed by atoms with Crippen molar-refractivity contribution >= 4 is 29.3 Å². The summed E-state index contributed by atoms with van der Waals surface area (Å²) in [4.78, 5) is 28.5. The van der Waals surface area contributed by atoms with Crippen LogP contribution in [0.5, 0.6) is 0 Å². The van der Waals surface area contributed by atoms with Gasteiger partial charge in [0.2, 0.25) is 10.9 Å². The number of hydrogen-bond acceptors (Lipinski definition) is 7. The summed E-state index contributed by atoms with van der Waals surface area (Å²) in [7, 11) is 0. The number of allylic oxidation sites excluding steroid dienone is 1. The molecule has 1 heterocycles. The molecule has 0 aliphatic heterocycles. The van der Waals surface area contributed by atoms with Crippen LogP contribution in [-0.4, -0.2) is 25.9 Å². The third kappa shape index (κ3) is 5.03. The number of nitrogens with zero attached hydrogens (tertiary/aromatic N) is 4. The van der Waals surface area contributed by atoms with E-state index in [-0.39, 0.29) is 11.3 Å². The lowest BCUT2D eigenvalue weighted by atomic mass is 10.0. The Morgan fingerprint density at radius 3 is 2.42 bits per heavy atom. The van der Waals surface area contributed by atoms with Gasteiger partial charge in [0.25, 0.3) is 5.69 Å². The molecule has 0 aliphatic rings. The number of nitro groups is 1. The SMILES string of the molecule is N#CC(=Cc1ccc(Sc2n[nH]c(-c3ccccc3)n2)c([N+](=O)[O-])c1)C(=O)c1ccccc1. The first-order valence-electron chi connectivity index (χ1n) is 9.71. The van der Waals surface area contributed by atoms with Gasteiger partial charge >= 0.3 is 0 Å². The maximum Gasteiger partial charge on any atom is 0.283 e. The van der Waals surface area contributed by atoms with Crippen molar-refractivity contribution in [1.29, 1.82) is 5.26 Å². The summed E-state index contributed by atoms with van der Waals surface area (Å²) in [6.07, 6.45) is 1.34. The van der Waals surface area contributed by atoms with E-state index in [0.29, 0.717) is 27.0 Å². The van der Waals surface area contributed by atoms with Crippen molar-refractivity contribution in [3.63, 3.8) is 0 Å². The number of aromatic amines is 1. The molecule has 8 nitrogen and oxygen atoms in total. The van der Waals surface area contributed by atoms with Crippen LogP contribution >= 0.6 is 11.8 Å². The van der Waals surface area contributed by atoms with Crippen LogP contribution in [0.4, 0.5) is 5.69 Å². The van der Waals surface area contributed by atoms with E-state index in [2.05, 4.69) is 15.2 Å². The van der Waals surface area contributed by atoms with Gasteiger partial charge < -0.3 is 0 Å². The van der Waals surface area contributed by atoms with Crippen LogP contribution in [0.25, 0.3) is 17.5 Å². The Morgan fingerprint density at radius 1 is 1.06 bits per heavy atom. The van der Waals surface area contributed by atoms with Crippen molar-refractivity contribution in [3.8, 4) is 17.5 Å². The Kier molecular flexibility index (Phi) is 6.38. The van der Waals surface area contributed by atoms with Crippen LogP contribution in [-0.2, 0) is 0 Å². The number of nitrogens with one attached hydrogen (secondary N) is 1. The van der Waals surface area contributed by atoms with Crippen molar-refractivity contribution < 1.29 is 9.72 Å². The van der Waals surface area contributed by atoms with Gasteiger partial charge in [-0.15, -0.1) is 5.10 Å². The van der Waals surface area contributed by atoms with Crippen LogP contribution < -0.4 is 0 Å². The molecule has 1 aromatic heterocycles. The minimum atomic E-state index is -0.518. The number of Topliss-reactive ketones (excluding diaryl/α,β-unsaturated/α-hetero) is 1. The fraction of sp³-hybridized carbons (Fsp3) is 0. The monoisotopic (exact) mass is 453 g/mol. The Morgan fingerprint density at radius 2 is 1.76 bits per heavy atom. The maximum absolute atomic E-state index is 12.6. The van der Waals surface area contributed by atoms with Gasteiger partial charge in [-0.1, -0.05) is 66.7 Å². The van der Waals surface area contributed by atoms with Gasteiger partial charge in [-0.05, 0) is 29.5 Å². The predicted molar refractivity (Wildman–Crippen MR) is 123 cm³/mol. The largest absolute Gasteiger partial charge is 0.288 e. The van der Waals surface area contributed by atoms with E-state index in [1.807, 2.05) is 36.4 Å². The highest BCUT2D eigenvalue weighted by Crippen LogP contribution is 2.35. The van der Waals surface area contributed by atoms with Gasteiger partial charge in [-0.25, -0.2) is 4.98 Å². The molecule has 0 bridgehead atoms. The average Bonchev–Trinajstić information content (AvgIpc) is 3.32. The summed E-state index contributed by atoms with van der Waals surface area (Å²) < 4.78 is 0. The van der Waals surface area contributed by atoms with E-state index in [1.54, 1.807) is 42.5 Å². The van der Waals surface area contributed by atoms with Crippen LogP contribution in [0.15, 0.2) is 94.5 Å². The number of carbonyl (C=O) groups excluding carboxylic acids is 1. The summed E-state index contributed by atoms with van der Waals surface area (Å²) >= 11 is 1.05. The van der Waals surface area contributed by atoms with Crippen LogP contribution in [0.2, 0.25) is 0 Å². The number of nitro benzene ring substituents is 1. The molecule has 0 unspecified atom stereocenters. The summed E-state index contributed by atoms with van der Waals surface area (Å²) in [5, 5.41) is 28.4. The molecule has 0 amide bonds. The zero-order valence-corrected chi connectivity index (χ0v) is 17.8. The van der Waals surface area contributed by atoms with E-state index in [0.717, 1.165) is 17.3 Å². The highest BCUT2D eigenvalue weighted by atomic mass is 32.2. The van der Waals surface area contributed by atoms with Gasteiger partial charge in [0.05, 0.1) is 9.82 Å². The van der Waals surface area contributed by atoms with Crippen LogP contribution in [0, 0.1) is 21.4 Å². The van der Waals surface area contributed by atoms with E-state index in [4.69, 9.17) is 0 Å². The Balaban J connectivity index is 1.61. The third-order valence-corrected chi connectivity index (χ3v) is 5.54. The molecular weight excluding hydrogens is 438 g/mol. The Hall–Kier alpha value is -4.55. The molecule has 0 saturated heterocycles. The van der Waals surface area contributed by atoms with E-state index >= 15 is 0 Å². The number of carbonyl (C=O) groups is 1. The molecule has 0 fully saturated rings. The minimum absolute atomic E-state index is 0.114. The topological polar surface area (TPSA) is 126 Å². The number of nitriles is 1. The molecular formula is C24H15N5O3S. The minimum Gasteiger partial charge on any atom is -0.288 e. The lowest BCUT2D eigenvalue weighted by Crippen LogP contribution is -2.01. The zero-order valence-electron chi connectivity index (χ0n) is 17.0. The number of benzene rings is 3. The molecule has 0 atom stereocenters. The molecule has 0 spiro atoms. The fourth-order valence-corrected chi connectivity index (χ4v) is 3.83. The van der Waals surface area contributed by atoms with E-state index < -0.39 is 10.7 Å². The van der Waals surface area contributed by atoms with Gasteiger partial charge in [0.15, 0.2) is 5.82 Å². The molecule has 4 rings (SSSR count). The van der Waals surface area contributed by atoms with Crippen molar-refractivity contribution in [3.05, 3.63) is 106 Å². The maximum atomic E-state index is 12.6. The number of ketones is 1. The van der Waals surface area contributed by atoms with Crippen molar-refractivity contribution in [2.75, 3.05) is 0 Å². The van der Waals surface area contributed by atoms with Gasteiger partial charge in [0, 0.05) is 17.2 Å². The summed E-state index contributed by atoms with van der Waals surface area (Å²) in [5.74, 6) is 0.103. The number of rotatable bonds is 7. The van der Waals surface area contributed by atoms with Crippen LogP contribution in [0.3, 0.4) is 0 Å². The lowest BCUT2D eigenvalue weighted by molar-refractivity contribution is -0.387. The summed E-state index contributed by atoms with van der Waals surface area (Å²) in [5.41, 5.74) is 1.29. The summed E-state index contributed by atoms with van der Waals surface area (Å²) in [6.45, 7) is 0. The normalized spacial score (nSPS) is 11.1. The molecule has 1 N–H and O–H groups in total. The van der Waals surface area contributed by atoms with Crippen molar-refractivity contribution in [2.24, 2.45) is 0 Å². The standard InChI is InChI=1S/C24H15N5O3S/c25-15-19(22(30)17-7-3-1-4-8-17)13-16-11-12-21(20(14-16)29(31)32)33-24-26-23(27-28-24)18-9-5-2-6-10-18/h1-14H,(H,26,27,28). The quantitative estimate of drug-likeness (QED) is 0.132. The molecule has 0 saturated carbocycles. The fourth-order valence-electron chi connectivity index (χ4n) is 3.03. The number of aromatic nitrogens is 3. The van der Waals surface area contributed by atoms with E-state index in [9.17, 15) is 20.2 Å². The van der Waals surface area contributed by atoms with E-state index in [1.165, 1.54) is 12.1 Å². The zero-order chi connectivity index (χ0) is 23.2. The molecule has 0 aliphatic carbocycles. The Bertz CT molecular complexity index is 1390. The van der Waals surface area contributed by atoms with Gasteiger partial charge in [-0.2, -0.15) is 5.26 Å². The average molecular weight is 453 g/mol. The highest BCUT2D eigenvalue weighted by Gasteiger charge is 2.19. The lowest BCUT2D eigenvalue weighted by Gasteiger charge is -2.03. The molecule has 0 radical (unpaired) electrons. The first-order valence-corrected chi connectivity index (χ1v) is 10.5. The molecule has 33 heavy (non-hydrogen) atoms. The molecule has 3 aromatic carbocycles. The smallest absolute Gasteiger partial charge is 0.283 e. The highest BCUT2D eigenvalue weighted by molar-refractivity contribution is 7.99. The number of hydrogen-bond donors (Lipinski definition) is 1. The van der Waals surface area contributed by atoms with Crippen molar-refractivity contribution in [1.82, 2.24) is 15.2 Å². The predicted octanol–water partition coefficient (Wildman–Crippen LogP) is 5.32. The second-order valence-corrected chi connectivity index (χ2v) is 7.79. The first-order chi connectivity index (χ1) is 16.0. The summed E-state index contributed by atoms with van der Waals surface area (Å²) in [6, 6.07) is 24.1. The van der Waals surface area contributed by atoms with Gasteiger partial charge in [-0.3, -0.25) is 20.0 Å².